The van der Waals surface area contributed by atoms with Gasteiger partial charge in [0.05, 0.1) is 32.5 Å². The second-order valence-electron chi connectivity index (χ2n) is 7.93. The van der Waals surface area contributed by atoms with Gasteiger partial charge in [0, 0.05) is 0 Å². The fraction of sp³-hybridized carbons (Fsp3) is 0.474. The summed E-state index contributed by atoms with van der Waals surface area (Å²) in [5.41, 5.74) is 11.9. The average Bonchev–Trinajstić information content (AvgIpc) is 3.57. The standard InChI is InChI=1S/C10H13N5O4.C9H13N5O4.H2O/c11-8-5-9(13-2-12-8)15(3-14-5)10-7(18)6(17)4(1-16)19-10;10-9-12-7-6(8(17)13-9)11-3-14(7)4-18-5(1-15)2-16;/h2-4,6-7,10,16-18H,1H2,(H2,11,12,13);3,5,15-16H,1-2,4H2,(H3,10,12,13,17);1H2/t4-,6-,7+,10-;;/m1../s1. The lowest BCUT2D eigenvalue weighted by molar-refractivity contribution is -0.0511. The molecule has 5 heterocycles. The molecule has 38 heavy (non-hydrogen) atoms. The van der Waals surface area contributed by atoms with Crippen LogP contribution in [0, 0.1) is 0 Å². The normalized spacial score (nSPS) is 21.0. The lowest BCUT2D eigenvalue weighted by Crippen LogP contribution is -2.33. The molecule has 5 rings (SSSR count). The highest BCUT2D eigenvalue weighted by atomic mass is 16.6. The Morgan fingerprint density at radius 2 is 1.74 bits per heavy atom. The van der Waals surface area contributed by atoms with Crippen molar-refractivity contribution in [2.24, 2.45) is 0 Å². The quantitative estimate of drug-likeness (QED) is 0.109. The molecule has 4 aromatic heterocycles. The molecule has 1 aliphatic heterocycles. The molecule has 1 aliphatic rings. The van der Waals surface area contributed by atoms with Crippen molar-refractivity contribution in [3.8, 4) is 0 Å². The Kier molecular flexibility index (Phi) is 9.19. The van der Waals surface area contributed by atoms with Crippen LogP contribution >= 0.6 is 0 Å². The van der Waals surface area contributed by atoms with Crippen LogP contribution in [0.3, 0.4) is 0 Å². The molecule has 0 saturated carbocycles. The Labute approximate surface area is 212 Å². The number of nitrogens with zero attached hydrogens (tertiary/aromatic N) is 7. The summed E-state index contributed by atoms with van der Waals surface area (Å²) in [5.74, 6) is 0.200. The maximum absolute atomic E-state index is 11.5. The third-order valence-corrected chi connectivity index (χ3v) is 5.53. The van der Waals surface area contributed by atoms with E-state index in [1.165, 1.54) is 28.1 Å². The van der Waals surface area contributed by atoms with Crippen molar-refractivity contribution in [2.45, 2.75) is 37.4 Å². The van der Waals surface area contributed by atoms with E-state index in [1.807, 2.05) is 0 Å². The summed E-state index contributed by atoms with van der Waals surface area (Å²) in [5, 5.41) is 46.4. The molecule has 19 nitrogen and oxygen atoms in total. The third-order valence-electron chi connectivity index (χ3n) is 5.53. The van der Waals surface area contributed by atoms with E-state index in [0.29, 0.717) is 11.2 Å². The number of anilines is 2. The van der Waals surface area contributed by atoms with E-state index in [0.717, 1.165) is 0 Å². The van der Waals surface area contributed by atoms with Gasteiger partial charge in [-0.2, -0.15) is 4.98 Å². The molecule has 1 saturated heterocycles. The number of H-pyrrole nitrogens is 1. The van der Waals surface area contributed by atoms with Crippen molar-refractivity contribution < 1.29 is 40.5 Å². The number of nitrogen functional groups attached to an aromatic ring is 2. The van der Waals surface area contributed by atoms with Gasteiger partial charge in [-0.3, -0.25) is 18.9 Å². The van der Waals surface area contributed by atoms with Gasteiger partial charge in [-0.05, 0) is 0 Å². The lowest BCUT2D eigenvalue weighted by Gasteiger charge is -2.16. The van der Waals surface area contributed by atoms with Crippen LogP contribution in [0.4, 0.5) is 11.8 Å². The van der Waals surface area contributed by atoms with E-state index >= 15 is 0 Å². The first-order valence-electron chi connectivity index (χ1n) is 10.9. The molecule has 0 bridgehead atoms. The third kappa shape index (κ3) is 5.54. The SMILES string of the molecule is Nc1nc2c(ncn2COC(CO)CO)c(=O)[nH]1.Nc1ncnc2c1ncn2[C@@H]1O[C@H](CO)[C@@H](O)[C@@H]1O.O. The molecule has 19 heteroatoms. The fourth-order valence-electron chi connectivity index (χ4n) is 3.58. The van der Waals surface area contributed by atoms with Crippen LogP contribution in [0.2, 0.25) is 0 Å². The minimum Gasteiger partial charge on any atom is -0.412 e. The minimum atomic E-state index is -1.19. The fourth-order valence-corrected chi connectivity index (χ4v) is 3.58. The first-order valence-corrected chi connectivity index (χ1v) is 10.9. The molecule has 0 unspecified atom stereocenters. The molecule has 0 radical (unpaired) electrons. The molecular formula is C19H28N10O9. The van der Waals surface area contributed by atoms with Crippen LogP contribution in [0.1, 0.15) is 6.23 Å². The largest absolute Gasteiger partial charge is 0.412 e. The summed E-state index contributed by atoms with van der Waals surface area (Å²) < 4.78 is 13.5. The smallest absolute Gasteiger partial charge is 0.280 e. The van der Waals surface area contributed by atoms with Gasteiger partial charge in [0.15, 0.2) is 28.9 Å². The van der Waals surface area contributed by atoms with Gasteiger partial charge in [0.25, 0.3) is 5.56 Å². The van der Waals surface area contributed by atoms with Gasteiger partial charge in [-0.25, -0.2) is 19.9 Å². The summed E-state index contributed by atoms with van der Waals surface area (Å²) in [6.07, 6.45) is -0.743. The number of hydrogen-bond donors (Lipinski definition) is 8. The van der Waals surface area contributed by atoms with Gasteiger partial charge >= 0.3 is 0 Å². The Balaban J connectivity index is 0.000000206. The van der Waals surface area contributed by atoms with E-state index in [1.54, 1.807) is 0 Å². The maximum atomic E-state index is 11.5. The number of rotatable bonds is 7. The Morgan fingerprint density at radius 1 is 1.03 bits per heavy atom. The highest BCUT2D eigenvalue weighted by molar-refractivity contribution is 5.81. The minimum absolute atomic E-state index is 0. The van der Waals surface area contributed by atoms with Gasteiger partial charge in [0.1, 0.15) is 43.0 Å². The van der Waals surface area contributed by atoms with Crippen molar-refractivity contribution in [3.63, 3.8) is 0 Å². The Morgan fingerprint density at radius 3 is 2.39 bits per heavy atom. The van der Waals surface area contributed by atoms with Gasteiger partial charge in [-0.15, -0.1) is 0 Å². The van der Waals surface area contributed by atoms with Gasteiger partial charge in [0.2, 0.25) is 5.95 Å². The molecule has 4 aromatic rings. The molecule has 0 spiro atoms. The number of aliphatic hydroxyl groups is 5. The average molecular weight is 540 g/mol. The van der Waals surface area contributed by atoms with E-state index in [-0.39, 0.29) is 48.4 Å². The highest BCUT2D eigenvalue weighted by Gasteiger charge is 2.44. The zero-order chi connectivity index (χ0) is 26.7. The summed E-state index contributed by atoms with van der Waals surface area (Å²) in [6.45, 7) is -1.00. The van der Waals surface area contributed by atoms with Crippen molar-refractivity contribution >= 4 is 34.1 Å². The number of nitrogens with two attached hydrogens (primary N) is 2. The number of imidazole rings is 2. The molecule has 12 N–H and O–H groups in total. The first-order chi connectivity index (χ1) is 17.8. The van der Waals surface area contributed by atoms with Crippen LogP contribution in [-0.2, 0) is 16.2 Å². The molecule has 0 amide bonds. The lowest BCUT2D eigenvalue weighted by atomic mass is 10.1. The van der Waals surface area contributed by atoms with Gasteiger partial charge in [-0.1, -0.05) is 0 Å². The number of hydrogen-bond acceptors (Lipinski definition) is 15. The van der Waals surface area contributed by atoms with E-state index in [9.17, 15) is 15.0 Å². The summed E-state index contributed by atoms with van der Waals surface area (Å²) in [7, 11) is 0. The first kappa shape index (κ1) is 28.7. The van der Waals surface area contributed by atoms with E-state index in [4.69, 9.17) is 36.3 Å². The predicted molar refractivity (Wildman–Crippen MR) is 128 cm³/mol. The zero-order valence-corrected chi connectivity index (χ0v) is 19.7. The second-order valence-corrected chi connectivity index (χ2v) is 7.93. The van der Waals surface area contributed by atoms with Crippen LogP contribution in [0.5, 0.6) is 0 Å². The Bertz CT molecular complexity index is 1400. The summed E-state index contributed by atoms with van der Waals surface area (Å²) in [4.78, 5) is 33.5. The van der Waals surface area contributed by atoms with Crippen LogP contribution in [-0.4, -0.2) is 114 Å². The number of aliphatic hydroxyl groups excluding tert-OH is 5. The maximum Gasteiger partial charge on any atom is 0.280 e. The number of nitrogens with one attached hydrogen (secondary N) is 1. The van der Waals surface area contributed by atoms with Crippen molar-refractivity contribution in [1.29, 1.82) is 0 Å². The molecule has 0 aromatic carbocycles. The topological polar surface area (TPSA) is 310 Å². The van der Waals surface area contributed by atoms with Crippen LogP contribution in [0.25, 0.3) is 22.3 Å². The monoisotopic (exact) mass is 540 g/mol. The number of aromatic amines is 1. The van der Waals surface area contributed by atoms with Crippen LogP contribution in [0.15, 0.2) is 23.8 Å². The zero-order valence-electron chi connectivity index (χ0n) is 19.7. The highest BCUT2D eigenvalue weighted by Crippen LogP contribution is 2.31. The number of ether oxygens (including phenoxy) is 2. The second kappa shape index (κ2) is 12.1. The van der Waals surface area contributed by atoms with Crippen molar-refractivity contribution in [1.82, 2.24) is 39.0 Å². The molecular weight excluding hydrogens is 512 g/mol. The number of fused-ring (bicyclic) bond motifs is 2. The summed E-state index contributed by atoms with van der Waals surface area (Å²) >= 11 is 0. The molecule has 208 valence electrons. The van der Waals surface area contributed by atoms with Crippen LogP contribution < -0.4 is 17.0 Å². The molecule has 4 atom stereocenters. The van der Waals surface area contributed by atoms with E-state index < -0.39 is 42.8 Å². The number of aromatic nitrogens is 8. The molecule has 1 fully saturated rings. The van der Waals surface area contributed by atoms with Gasteiger partial charge < -0.3 is 51.9 Å². The Hall–Kier alpha value is -3.82. The van der Waals surface area contributed by atoms with Crippen molar-refractivity contribution in [3.05, 3.63) is 29.3 Å². The molecule has 0 aliphatic carbocycles. The summed E-state index contributed by atoms with van der Waals surface area (Å²) in [6, 6.07) is 0. The van der Waals surface area contributed by atoms with E-state index in [2.05, 4.69) is 29.9 Å². The van der Waals surface area contributed by atoms with Crippen molar-refractivity contribution in [2.75, 3.05) is 31.3 Å². The predicted octanol–water partition coefficient (Wildman–Crippen LogP) is -4.78.